The first-order chi connectivity index (χ1) is 16.0. The zero-order valence-electron chi connectivity index (χ0n) is 18.7. The number of aromatic nitrogens is 3. The highest BCUT2D eigenvalue weighted by Crippen LogP contribution is 2.30. The van der Waals surface area contributed by atoms with E-state index >= 15 is 0 Å². The SMILES string of the molecule is Cc1cc(-c2ccc(F)cc2)cc([C@@H]2CCCN(C(=O)CCc3nc4ccccc4[nH]3)C2)n1. The van der Waals surface area contributed by atoms with Gasteiger partial charge in [-0.05, 0) is 67.3 Å². The van der Waals surface area contributed by atoms with Crippen LogP contribution in [0.2, 0.25) is 0 Å². The number of aromatic amines is 1. The number of halogens is 1. The molecule has 0 spiro atoms. The van der Waals surface area contributed by atoms with Crippen LogP contribution in [-0.4, -0.2) is 38.8 Å². The number of hydrogen-bond acceptors (Lipinski definition) is 3. The molecule has 0 bridgehead atoms. The van der Waals surface area contributed by atoms with Gasteiger partial charge in [0.1, 0.15) is 11.6 Å². The van der Waals surface area contributed by atoms with E-state index < -0.39 is 0 Å². The Morgan fingerprint density at radius 1 is 1.09 bits per heavy atom. The lowest BCUT2D eigenvalue weighted by Gasteiger charge is -2.33. The molecular weight excluding hydrogens is 415 g/mol. The van der Waals surface area contributed by atoms with Crippen molar-refractivity contribution in [3.63, 3.8) is 0 Å². The van der Waals surface area contributed by atoms with Crippen LogP contribution in [0.25, 0.3) is 22.2 Å². The van der Waals surface area contributed by atoms with E-state index in [1.807, 2.05) is 42.2 Å². The molecule has 33 heavy (non-hydrogen) atoms. The Balaban J connectivity index is 1.27. The van der Waals surface area contributed by atoms with Crippen molar-refractivity contribution in [3.05, 3.63) is 83.7 Å². The van der Waals surface area contributed by atoms with Gasteiger partial charge in [-0.15, -0.1) is 0 Å². The van der Waals surface area contributed by atoms with Gasteiger partial charge in [0, 0.05) is 43.2 Å². The highest BCUT2D eigenvalue weighted by Gasteiger charge is 2.26. The lowest BCUT2D eigenvalue weighted by atomic mass is 9.92. The van der Waals surface area contributed by atoms with Gasteiger partial charge >= 0.3 is 0 Å². The van der Waals surface area contributed by atoms with E-state index in [2.05, 4.69) is 16.0 Å². The van der Waals surface area contributed by atoms with Crippen molar-refractivity contribution >= 4 is 16.9 Å². The fourth-order valence-electron chi connectivity index (χ4n) is 4.66. The number of rotatable bonds is 5. The molecule has 6 heteroatoms. The molecule has 2 aromatic heterocycles. The predicted molar refractivity (Wildman–Crippen MR) is 127 cm³/mol. The molecule has 168 valence electrons. The topological polar surface area (TPSA) is 61.9 Å². The summed E-state index contributed by atoms with van der Waals surface area (Å²) in [5.74, 6) is 0.968. The Morgan fingerprint density at radius 2 is 1.91 bits per heavy atom. The number of hydrogen-bond donors (Lipinski definition) is 1. The summed E-state index contributed by atoms with van der Waals surface area (Å²) in [5.41, 5.74) is 5.87. The van der Waals surface area contributed by atoms with Crippen molar-refractivity contribution in [2.24, 2.45) is 0 Å². The summed E-state index contributed by atoms with van der Waals surface area (Å²) < 4.78 is 13.3. The highest BCUT2D eigenvalue weighted by molar-refractivity contribution is 5.77. The minimum Gasteiger partial charge on any atom is -0.342 e. The largest absolute Gasteiger partial charge is 0.342 e. The number of H-pyrrole nitrogens is 1. The molecule has 1 fully saturated rings. The van der Waals surface area contributed by atoms with Crippen molar-refractivity contribution < 1.29 is 9.18 Å². The van der Waals surface area contributed by atoms with Gasteiger partial charge in [-0.3, -0.25) is 9.78 Å². The summed E-state index contributed by atoms with van der Waals surface area (Å²) in [6.07, 6.45) is 3.01. The summed E-state index contributed by atoms with van der Waals surface area (Å²) in [4.78, 5) is 27.6. The molecule has 5 nitrogen and oxygen atoms in total. The molecule has 5 rings (SSSR count). The first kappa shape index (κ1) is 21.3. The summed E-state index contributed by atoms with van der Waals surface area (Å²) >= 11 is 0. The Morgan fingerprint density at radius 3 is 2.73 bits per heavy atom. The van der Waals surface area contributed by atoms with Crippen LogP contribution in [0.4, 0.5) is 4.39 Å². The zero-order valence-corrected chi connectivity index (χ0v) is 18.7. The average molecular weight is 443 g/mol. The number of carbonyl (C=O) groups is 1. The van der Waals surface area contributed by atoms with Crippen LogP contribution >= 0.6 is 0 Å². The number of amides is 1. The Bertz CT molecular complexity index is 1250. The maximum Gasteiger partial charge on any atom is 0.223 e. The molecule has 0 aliphatic carbocycles. The van der Waals surface area contributed by atoms with E-state index in [9.17, 15) is 9.18 Å². The number of nitrogens with zero attached hydrogens (tertiary/aromatic N) is 3. The zero-order chi connectivity index (χ0) is 22.8. The van der Waals surface area contributed by atoms with Crippen LogP contribution in [0.3, 0.4) is 0 Å². The molecule has 1 aliphatic rings. The van der Waals surface area contributed by atoms with Crippen molar-refractivity contribution in [1.82, 2.24) is 19.9 Å². The van der Waals surface area contributed by atoms with Crippen LogP contribution in [0.1, 0.15) is 42.4 Å². The lowest BCUT2D eigenvalue weighted by molar-refractivity contribution is -0.132. The van der Waals surface area contributed by atoms with Gasteiger partial charge in [-0.2, -0.15) is 0 Å². The second kappa shape index (κ2) is 9.14. The maximum atomic E-state index is 13.3. The number of fused-ring (bicyclic) bond motifs is 1. The smallest absolute Gasteiger partial charge is 0.223 e. The number of piperidine rings is 1. The molecule has 0 radical (unpaired) electrons. The molecule has 0 saturated carbocycles. The summed E-state index contributed by atoms with van der Waals surface area (Å²) in [5, 5.41) is 0. The van der Waals surface area contributed by atoms with Gasteiger partial charge < -0.3 is 9.88 Å². The second-order valence-electron chi connectivity index (χ2n) is 8.81. The van der Waals surface area contributed by atoms with Gasteiger partial charge in [-0.1, -0.05) is 24.3 Å². The molecule has 2 aromatic carbocycles. The van der Waals surface area contributed by atoms with E-state index in [0.717, 1.165) is 58.8 Å². The van der Waals surface area contributed by atoms with E-state index in [-0.39, 0.29) is 17.6 Å². The molecule has 0 unspecified atom stereocenters. The molecular formula is C27H27FN4O. The molecule has 4 aromatic rings. The standard InChI is InChI=1S/C27H27FN4O/c1-18-15-21(19-8-10-22(28)11-9-19)16-25(29-18)20-5-4-14-32(17-20)27(33)13-12-26-30-23-6-2-3-7-24(23)31-26/h2-3,6-11,15-16,20H,4-5,12-14,17H2,1H3,(H,30,31)/t20-/m1/s1. The molecule has 1 amide bonds. The van der Waals surface area contributed by atoms with Crippen molar-refractivity contribution in [2.45, 2.75) is 38.5 Å². The molecule has 1 atom stereocenters. The quantitative estimate of drug-likeness (QED) is 0.449. The number of imidazole rings is 1. The minimum absolute atomic E-state index is 0.159. The fourth-order valence-corrected chi connectivity index (χ4v) is 4.66. The van der Waals surface area contributed by atoms with Gasteiger partial charge in [0.2, 0.25) is 5.91 Å². The minimum atomic E-state index is -0.242. The number of pyridine rings is 1. The van der Waals surface area contributed by atoms with Crippen LogP contribution in [0.15, 0.2) is 60.7 Å². The number of nitrogens with one attached hydrogen (secondary N) is 1. The number of aryl methyl sites for hydroxylation is 2. The molecule has 1 saturated heterocycles. The Hall–Kier alpha value is -3.54. The van der Waals surface area contributed by atoms with Gasteiger partial charge in [0.15, 0.2) is 0 Å². The fraction of sp³-hybridized carbons (Fsp3) is 0.296. The summed E-state index contributed by atoms with van der Waals surface area (Å²) in [6.45, 7) is 3.44. The van der Waals surface area contributed by atoms with Crippen molar-refractivity contribution in [2.75, 3.05) is 13.1 Å². The lowest BCUT2D eigenvalue weighted by Crippen LogP contribution is -2.39. The van der Waals surface area contributed by atoms with Crippen molar-refractivity contribution in [3.8, 4) is 11.1 Å². The van der Waals surface area contributed by atoms with Gasteiger partial charge in [0.05, 0.1) is 11.0 Å². The Labute approximate surface area is 192 Å². The normalized spacial score (nSPS) is 16.3. The van der Waals surface area contributed by atoms with Crippen LogP contribution in [-0.2, 0) is 11.2 Å². The molecule has 3 heterocycles. The number of likely N-dealkylation sites (tertiary alicyclic amines) is 1. The monoisotopic (exact) mass is 442 g/mol. The van der Waals surface area contributed by atoms with E-state index in [1.54, 1.807) is 12.1 Å². The third-order valence-corrected chi connectivity index (χ3v) is 6.36. The Kier molecular flexibility index (Phi) is 5.90. The van der Waals surface area contributed by atoms with Crippen molar-refractivity contribution in [1.29, 1.82) is 0 Å². The first-order valence-electron chi connectivity index (χ1n) is 11.5. The van der Waals surface area contributed by atoms with E-state index in [1.165, 1.54) is 12.1 Å². The summed E-state index contributed by atoms with van der Waals surface area (Å²) in [6, 6.07) is 18.6. The highest BCUT2D eigenvalue weighted by atomic mass is 19.1. The molecule has 1 N–H and O–H groups in total. The van der Waals surface area contributed by atoms with Gasteiger partial charge in [0.25, 0.3) is 0 Å². The van der Waals surface area contributed by atoms with Crippen LogP contribution in [0.5, 0.6) is 0 Å². The summed E-state index contributed by atoms with van der Waals surface area (Å²) in [7, 11) is 0. The van der Waals surface area contributed by atoms with E-state index in [0.29, 0.717) is 19.4 Å². The van der Waals surface area contributed by atoms with Crippen LogP contribution < -0.4 is 0 Å². The van der Waals surface area contributed by atoms with Gasteiger partial charge in [-0.25, -0.2) is 9.37 Å². The van der Waals surface area contributed by atoms with Crippen LogP contribution in [0, 0.1) is 12.7 Å². The predicted octanol–water partition coefficient (Wildman–Crippen LogP) is 5.41. The van der Waals surface area contributed by atoms with E-state index in [4.69, 9.17) is 4.98 Å². The third-order valence-electron chi connectivity index (χ3n) is 6.36. The third kappa shape index (κ3) is 4.80. The second-order valence-corrected chi connectivity index (χ2v) is 8.81. The molecule has 1 aliphatic heterocycles. The number of benzene rings is 2. The average Bonchev–Trinajstić information content (AvgIpc) is 3.26. The first-order valence-corrected chi connectivity index (χ1v) is 11.5. The number of para-hydroxylation sites is 2. The number of carbonyl (C=O) groups excluding carboxylic acids is 1. The maximum absolute atomic E-state index is 13.3.